The van der Waals surface area contributed by atoms with Gasteiger partial charge in [0.1, 0.15) is 6.10 Å². The number of hydrogen-bond donors (Lipinski definition) is 3. The van der Waals surface area contributed by atoms with Crippen molar-refractivity contribution >= 4 is 21.5 Å². The lowest BCUT2D eigenvalue weighted by Crippen LogP contribution is -2.51. The van der Waals surface area contributed by atoms with Crippen LogP contribution < -0.4 is 5.32 Å². The van der Waals surface area contributed by atoms with E-state index < -0.39 is 21.1 Å². The summed E-state index contributed by atoms with van der Waals surface area (Å²) < 4.78 is 61.2. The van der Waals surface area contributed by atoms with Gasteiger partial charge in [-0.1, -0.05) is 92.2 Å². The molecule has 0 aromatic rings. The minimum Gasteiger partial charge on any atom is -0.446 e. The molecule has 4 aliphatic carbocycles. The maximum absolute atomic E-state index is 12.7. The number of fused-ring (bicyclic) bond motifs is 5. The molecule has 0 radical (unpaired) electrons. The molecule has 1 amide bonds. The second-order valence-corrected chi connectivity index (χ2v) is 23.6. The van der Waals surface area contributed by atoms with E-state index in [9.17, 15) is 23.7 Å². The van der Waals surface area contributed by atoms with E-state index in [0.717, 1.165) is 67.6 Å². The summed E-state index contributed by atoms with van der Waals surface area (Å²) in [5, 5.41) is 2.91. The molecule has 0 saturated heterocycles. The van der Waals surface area contributed by atoms with E-state index in [1.54, 1.807) is 19.4 Å². The van der Waals surface area contributed by atoms with Crippen LogP contribution in [0.2, 0.25) is 0 Å². The first kappa shape index (κ1) is 52.8. The van der Waals surface area contributed by atoms with E-state index in [1.165, 1.54) is 51.4 Å². The van der Waals surface area contributed by atoms with E-state index in [2.05, 4.69) is 46.0 Å². The van der Waals surface area contributed by atoms with Crippen LogP contribution in [0.5, 0.6) is 0 Å². The van der Waals surface area contributed by atoms with Gasteiger partial charge in [-0.25, -0.2) is 9.36 Å². The molecular weight excluding hydrogens is 820 g/mol. The van der Waals surface area contributed by atoms with Gasteiger partial charge in [0.2, 0.25) is 0 Å². The quantitative estimate of drug-likeness (QED) is 0.0355. The maximum atomic E-state index is 12.7. The van der Waals surface area contributed by atoms with Gasteiger partial charge >= 0.3 is 21.5 Å². The molecule has 6 unspecified atom stereocenters. The summed E-state index contributed by atoms with van der Waals surface area (Å²) in [6.45, 7) is 18.5. The molecule has 15 heteroatoms. The van der Waals surface area contributed by atoms with E-state index in [-0.39, 0.29) is 44.0 Å². The molecular formula is C46H85NO12P2. The minimum atomic E-state index is -4.16. The van der Waals surface area contributed by atoms with Crippen LogP contribution >= 0.6 is 15.4 Å². The van der Waals surface area contributed by atoms with Crippen molar-refractivity contribution in [2.45, 2.75) is 163 Å². The molecule has 0 heterocycles. The van der Waals surface area contributed by atoms with E-state index >= 15 is 0 Å². The molecule has 4 rings (SSSR count). The molecule has 3 fully saturated rings. The number of carbonyl (C=O) groups is 1. The number of nitrogens with one attached hydrogen (secondary N) is 1. The Balaban J connectivity index is 0.966. The van der Waals surface area contributed by atoms with E-state index in [0.29, 0.717) is 64.3 Å². The second kappa shape index (κ2) is 25.7. The lowest BCUT2D eigenvalue weighted by molar-refractivity contribution is -0.0581. The number of hydrogen-bond acceptors (Lipinski definition) is 10. The van der Waals surface area contributed by atoms with Crippen LogP contribution in [-0.4, -0.2) is 93.6 Å². The Bertz CT molecular complexity index is 1430. The highest BCUT2D eigenvalue weighted by Gasteiger charge is 2.59. The van der Waals surface area contributed by atoms with Gasteiger partial charge in [0.25, 0.3) is 0 Å². The molecule has 3 saturated carbocycles. The van der Waals surface area contributed by atoms with Crippen LogP contribution in [0.25, 0.3) is 0 Å². The summed E-state index contributed by atoms with van der Waals surface area (Å²) in [7, 11) is -7.71. The zero-order chi connectivity index (χ0) is 44.5. The fourth-order valence-electron chi connectivity index (χ4n) is 11.2. The number of phosphoric ester groups is 1. The largest absolute Gasteiger partial charge is 0.472 e. The Labute approximate surface area is 369 Å². The van der Waals surface area contributed by atoms with Gasteiger partial charge in [-0.15, -0.1) is 0 Å². The fourth-order valence-corrected chi connectivity index (χ4v) is 12.6. The standard InChI is InChI=1S/C46H85NO12P2/c1-35(2)14-12-15-37(5)41-18-19-42-40-17-16-38-34-39(20-22-45(38,6)43(40)21-23-46(41,42)7)59-44(48)47-24-13-25-53-28-29-54-30-31-55-32-33-58-61(51,52)57-27-11-9-8-10-26-56-60(49,50)36(3)4/h16,35-37,39-43H,8-15,17-34H2,1-7H3,(H,47,48)(H,49,50)(H,51,52)/t37-,39+,40?,41?,42?,43?,45+,46-/m1/s1. The molecule has 0 spiro atoms. The van der Waals surface area contributed by atoms with Crippen LogP contribution in [0.4, 0.5) is 4.79 Å². The third-order valence-electron chi connectivity index (χ3n) is 14.7. The van der Waals surface area contributed by atoms with Gasteiger partial charge in [0.05, 0.1) is 58.5 Å². The van der Waals surface area contributed by atoms with Crippen molar-refractivity contribution in [2.75, 3.05) is 66.0 Å². The summed E-state index contributed by atoms with van der Waals surface area (Å²) in [6, 6.07) is 0. The number of phosphoric acid groups is 1. The van der Waals surface area contributed by atoms with Crippen molar-refractivity contribution in [3.63, 3.8) is 0 Å². The maximum Gasteiger partial charge on any atom is 0.472 e. The minimum absolute atomic E-state index is 0.0602. The van der Waals surface area contributed by atoms with Crippen molar-refractivity contribution in [1.29, 1.82) is 0 Å². The summed E-state index contributed by atoms with van der Waals surface area (Å²) in [5.74, 6) is 4.91. The molecule has 0 aliphatic heterocycles. The summed E-state index contributed by atoms with van der Waals surface area (Å²) in [5.41, 5.74) is 1.84. The second-order valence-electron chi connectivity index (χ2n) is 19.7. The number of allylic oxidation sites excluding steroid dienone is 1. The molecule has 4 aliphatic rings. The monoisotopic (exact) mass is 906 g/mol. The molecule has 356 valence electrons. The average Bonchev–Trinajstić information content (AvgIpc) is 3.56. The third kappa shape index (κ3) is 16.5. The Morgan fingerprint density at radius 2 is 1.38 bits per heavy atom. The van der Waals surface area contributed by atoms with Crippen molar-refractivity contribution in [3.8, 4) is 0 Å². The highest BCUT2D eigenvalue weighted by molar-refractivity contribution is 7.53. The summed E-state index contributed by atoms with van der Waals surface area (Å²) in [4.78, 5) is 32.2. The Morgan fingerprint density at radius 3 is 2.05 bits per heavy atom. The molecule has 0 aromatic carbocycles. The van der Waals surface area contributed by atoms with E-state index in [4.69, 9.17) is 32.5 Å². The van der Waals surface area contributed by atoms with Crippen LogP contribution in [0.3, 0.4) is 0 Å². The van der Waals surface area contributed by atoms with Gasteiger partial charge in [0.15, 0.2) is 0 Å². The number of unbranched alkanes of at least 4 members (excludes halogenated alkanes) is 3. The lowest BCUT2D eigenvalue weighted by Gasteiger charge is -2.58. The van der Waals surface area contributed by atoms with Crippen molar-refractivity contribution < 1.29 is 56.2 Å². The average molecular weight is 906 g/mol. The van der Waals surface area contributed by atoms with Gasteiger partial charge in [-0.3, -0.25) is 13.6 Å². The number of ether oxygens (including phenoxy) is 4. The topological polar surface area (TPSA) is 168 Å². The zero-order valence-electron chi connectivity index (χ0n) is 39.0. The Morgan fingerprint density at radius 1 is 0.738 bits per heavy atom. The highest BCUT2D eigenvalue weighted by atomic mass is 31.2. The van der Waals surface area contributed by atoms with Crippen molar-refractivity contribution in [3.05, 3.63) is 11.6 Å². The first-order valence-corrected chi connectivity index (χ1v) is 27.1. The molecule has 13 nitrogen and oxygen atoms in total. The SMILES string of the molecule is CC(C)CCC[C@@H](C)C1CCC2C3CC=C4C[C@@H](OC(=O)NCCCOCCOCCOCCOP(=O)(O)OCCCCCCOP(=O)(O)C(C)C)CC[C@]4(C)C3CC[C@@]21C. The van der Waals surface area contributed by atoms with Crippen molar-refractivity contribution in [1.82, 2.24) is 5.32 Å². The fraction of sp³-hybridized carbons (Fsp3) is 0.935. The van der Waals surface area contributed by atoms with Gasteiger partial charge in [0, 0.05) is 19.6 Å². The predicted molar refractivity (Wildman–Crippen MR) is 240 cm³/mol. The number of rotatable bonds is 30. The third-order valence-corrected chi connectivity index (χ3v) is 17.6. The van der Waals surface area contributed by atoms with Gasteiger partial charge in [-0.05, 0) is 111 Å². The van der Waals surface area contributed by atoms with Crippen molar-refractivity contribution in [2.24, 2.45) is 46.3 Å². The molecule has 10 atom stereocenters. The normalized spacial score (nSPS) is 29.9. The Hall–Kier alpha value is -0.850. The summed E-state index contributed by atoms with van der Waals surface area (Å²) >= 11 is 0. The first-order valence-electron chi connectivity index (χ1n) is 23.9. The Kier molecular flexibility index (Phi) is 22.3. The zero-order valence-corrected chi connectivity index (χ0v) is 40.7. The van der Waals surface area contributed by atoms with Gasteiger partial charge < -0.3 is 38.6 Å². The predicted octanol–water partition coefficient (Wildman–Crippen LogP) is 10.9. The lowest BCUT2D eigenvalue weighted by atomic mass is 9.47. The summed E-state index contributed by atoms with van der Waals surface area (Å²) in [6.07, 6.45) is 19.3. The van der Waals surface area contributed by atoms with Gasteiger partial charge in [-0.2, -0.15) is 0 Å². The number of alkyl carbamates (subject to hydrolysis) is 1. The van der Waals surface area contributed by atoms with E-state index in [1.807, 2.05) is 0 Å². The highest BCUT2D eigenvalue weighted by Crippen LogP contribution is 2.67. The first-order chi connectivity index (χ1) is 29.0. The van der Waals surface area contributed by atoms with Crippen LogP contribution in [0.15, 0.2) is 11.6 Å². The molecule has 0 bridgehead atoms. The molecule has 0 aromatic heterocycles. The smallest absolute Gasteiger partial charge is 0.446 e. The number of carbonyl (C=O) groups excluding carboxylic acids is 1. The number of amides is 1. The van der Waals surface area contributed by atoms with Crippen LogP contribution in [0.1, 0.15) is 151 Å². The molecule has 61 heavy (non-hydrogen) atoms. The van der Waals surface area contributed by atoms with Crippen LogP contribution in [0, 0.1) is 46.3 Å². The van der Waals surface area contributed by atoms with Crippen LogP contribution in [-0.2, 0) is 41.6 Å². The molecule has 3 N–H and O–H groups in total.